The Bertz CT molecular complexity index is 140. The second-order valence-electron chi connectivity index (χ2n) is 3.40. The van der Waals surface area contributed by atoms with Gasteiger partial charge in [0.2, 0.25) is 0 Å². The van der Waals surface area contributed by atoms with Gasteiger partial charge in [0.25, 0.3) is 0 Å². The second kappa shape index (κ2) is 3.68. The summed E-state index contributed by atoms with van der Waals surface area (Å²) >= 11 is 0. The molecule has 0 amide bonds. The van der Waals surface area contributed by atoms with Gasteiger partial charge in [-0.1, -0.05) is 18.7 Å². The van der Waals surface area contributed by atoms with Crippen molar-refractivity contribution < 1.29 is 17.7 Å². The van der Waals surface area contributed by atoms with Crippen LogP contribution in [-0.4, -0.2) is 20.2 Å². The molecule has 0 bridgehead atoms. The summed E-state index contributed by atoms with van der Waals surface area (Å²) in [5.41, 5.74) is 0. The fourth-order valence-corrected chi connectivity index (χ4v) is 1.70. The Morgan fingerprint density at radius 1 is 1.08 bits per heavy atom. The lowest BCUT2D eigenvalue weighted by Crippen LogP contribution is -2.30. The molecule has 0 heterocycles. The average molecular weight is 181 g/mol. The highest BCUT2D eigenvalue weighted by Crippen LogP contribution is 2.39. The van der Waals surface area contributed by atoms with Crippen LogP contribution in [-0.2, 0) is 4.74 Å². The van der Waals surface area contributed by atoms with E-state index in [0.29, 0.717) is 12.8 Å². The van der Waals surface area contributed by atoms with Crippen LogP contribution >= 0.6 is 0 Å². The largest absolute Gasteiger partial charge is 0.481 e. The Balaban J connectivity index is 2.36. The number of hydrogen-bond donors (Lipinski definition) is 0. The van der Waals surface area contributed by atoms with E-state index in [0.717, 1.165) is 0 Å². The van der Waals surface area contributed by atoms with E-state index in [1.807, 2.05) is 0 Å². The van der Waals surface area contributed by atoms with E-state index in [2.05, 4.69) is 0 Å². The van der Waals surface area contributed by atoms with Gasteiger partial charge in [-0.25, -0.2) is 0 Å². The van der Waals surface area contributed by atoms with Gasteiger partial charge in [-0.3, -0.25) is 0 Å². The highest BCUT2D eigenvalue weighted by Gasteiger charge is 2.36. The molecule has 1 saturated carbocycles. The molecule has 1 aliphatic rings. The third-order valence-corrected chi connectivity index (χ3v) is 2.59. The molecule has 0 spiro atoms. The monoisotopic (exact) mass is 181 g/mol. The highest BCUT2D eigenvalue weighted by molar-refractivity contribution is 6.60. The molecular weight excluding hydrogens is 168 g/mol. The maximum atomic E-state index is 12.2. The number of ether oxygens (including phenoxy) is 1. The summed E-state index contributed by atoms with van der Waals surface area (Å²) in [6, 6.07) is 0. The lowest BCUT2D eigenvalue weighted by atomic mass is 9.64. The third-order valence-electron chi connectivity index (χ3n) is 2.59. The minimum Gasteiger partial charge on any atom is -0.449 e. The van der Waals surface area contributed by atoms with Crippen LogP contribution in [0.4, 0.5) is 12.9 Å². The molecule has 1 nitrogen and oxygen atoms in total. The number of hydrogen-bond acceptors (Lipinski definition) is 1. The summed E-state index contributed by atoms with van der Waals surface area (Å²) in [5, 5.41) is 0. The Labute approximate surface area is 70.3 Å². The molecule has 0 N–H and O–H groups in total. The van der Waals surface area contributed by atoms with Crippen molar-refractivity contribution in [2.24, 2.45) is 0 Å². The van der Waals surface area contributed by atoms with Crippen LogP contribution < -0.4 is 0 Å². The third kappa shape index (κ3) is 2.40. The van der Waals surface area contributed by atoms with Gasteiger partial charge in [0, 0.05) is 7.11 Å². The van der Waals surface area contributed by atoms with E-state index >= 15 is 0 Å². The number of rotatable bonds is 2. The van der Waals surface area contributed by atoms with Crippen LogP contribution in [0.1, 0.15) is 25.7 Å². The molecule has 0 aromatic heterocycles. The minimum absolute atomic E-state index is 0.0550. The molecule has 12 heavy (non-hydrogen) atoms. The Morgan fingerprint density at radius 3 is 1.92 bits per heavy atom. The molecule has 5 heteroatoms. The van der Waals surface area contributed by atoms with E-state index in [-0.39, 0.29) is 18.9 Å². The summed E-state index contributed by atoms with van der Waals surface area (Å²) in [5.74, 6) is -1.03. The summed E-state index contributed by atoms with van der Waals surface area (Å²) in [7, 11) is 1.56. The molecule has 0 unspecified atom stereocenters. The van der Waals surface area contributed by atoms with E-state index in [9.17, 15) is 12.9 Å². The van der Waals surface area contributed by atoms with Crippen LogP contribution in [0.25, 0.3) is 0 Å². The second-order valence-corrected chi connectivity index (χ2v) is 3.40. The standard InChI is InChI=1S/C7H13BF3O/c1-12-7-4-2-6(3-5-7)8(9,10)11/h6-7H,2-5H2,1H3/q-1. The van der Waals surface area contributed by atoms with Crippen molar-refractivity contribution in [3.05, 3.63) is 0 Å². The van der Waals surface area contributed by atoms with Gasteiger partial charge in [-0.2, -0.15) is 0 Å². The van der Waals surface area contributed by atoms with Crippen molar-refractivity contribution >= 4 is 6.98 Å². The Morgan fingerprint density at radius 2 is 1.58 bits per heavy atom. The molecular formula is C7H13BF3O-. The fraction of sp³-hybridized carbons (Fsp3) is 1.00. The van der Waals surface area contributed by atoms with Crippen LogP contribution in [0.15, 0.2) is 0 Å². The topological polar surface area (TPSA) is 9.23 Å². The SMILES string of the molecule is COC1CCC([B-](F)(F)F)CC1. The first-order valence-corrected chi connectivity index (χ1v) is 4.26. The van der Waals surface area contributed by atoms with Crippen molar-refractivity contribution in [1.82, 2.24) is 0 Å². The highest BCUT2D eigenvalue weighted by atomic mass is 19.4. The van der Waals surface area contributed by atoms with Crippen molar-refractivity contribution in [3.8, 4) is 0 Å². The lowest BCUT2D eigenvalue weighted by molar-refractivity contribution is 0.0679. The molecule has 0 aliphatic heterocycles. The number of methoxy groups -OCH3 is 1. The average Bonchev–Trinajstić information content (AvgIpc) is 2.03. The smallest absolute Gasteiger partial charge is 0.449 e. The van der Waals surface area contributed by atoms with Crippen molar-refractivity contribution in [3.63, 3.8) is 0 Å². The summed E-state index contributed by atoms with van der Waals surface area (Å²) in [4.78, 5) is 0. The van der Waals surface area contributed by atoms with Gasteiger partial charge in [0.05, 0.1) is 6.10 Å². The van der Waals surface area contributed by atoms with Crippen molar-refractivity contribution in [1.29, 1.82) is 0 Å². The van der Waals surface area contributed by atoms with Gasteiger partial charge in [-0.05, 0) is 12.8 Å². The number of halogens is 3. The molecule has 1 rings (SSSR count). The quantitative estimate of drug-likeness (QED) is 0.595. The zero-order chi connectivity index (χ0) is 9.19. The van der Waals surface area contributed by atoms with Crippen LogP contribution in [0.3, 0.4) is 0 Å². The Kier molecular flexibility index (Phi) is 3.04. The predicted octanol–water partition coefficient (Wildman–Crippen LogP) is 2.79. The van der Waals surface area contributed by atoms with E-state index < -0.39 is 12.8 Å². The maximum absolute atomic E-state index is 12.2. The van der Waals surface area contributed by atoms with E-state index in [4.69, 9.17) is 4.74 Å². The summed E-state index contributed by atoms with van der Waals surface area (Å²) in [6.07, 6.45) is 1.67. The zero-order valence-corrected chi connectivity index (χ0v) is 7.10. The maximum Gasteiger partial charge on any atom is 0.481 e. The fourth-order valence-electron chi connectivity index (χ4n) is 1.70. The van der Waals surface area contributed by atoms with Crippen LogP contribution in [0, 0.1) is 0 Å². The van der Waals surface area contributed by atoms with Crippen LogP contribution in [0.2, 0.25) is 5.82 Å². The summed E-state index contributed by atoms with van der Waals surface area (Å²) in [6.45, 7) is -4.61. The Hall–Kier alpha value is -0.185. The first kappa shape index (κ1) is 9.90. The van der Waals surface area contributed by atoms with Crippen molar-refractivity contribution in [2.45, 2.75) is 37.6 Å². The van der Waals surface area contributed by atoms with Gasteiger partial charge in [0.1, 0.15) is 0 Å². The predicted molar refractivity (Wildman–Crippen MR) is 42.1 cm³/mol. The lowest BCUT2D eigenvalue weighted by Gasteiger charge is -2.33. The van der Waals surface area contributed by atoms with Crippen molar-refractivity contribution in [2.75, 3.05) is 7.11 Å². The molecule has 0 aromatic carbocycles. The molecule has 0 aromatic rings. The van der Waals surface area contributed by atoms with E-state index in [1.165, 1.54) is 0 Å². The van der Waals surface area contributed by atoms with Gasteiger partial charge < -0.3 is 17.7 Å². The van der Waals surface area contributed by atoms with E-state index in [1.54, 1.807) is 7.11 Å². The first-order valence-electron chi connectivity index (χ1n) is 4.26. The molecule has 72 valence electrons. The zero-order valence-electron chi connectivity index (χ0n) is 7.10. The minimum atomic E-state index is -4.61. The van der Waals surface area contributed by atoms with Gasteiger partial charge in [0.15, 0.2) is 0 Å². The molecule has 0 atom stereocenters. The molecule has 0 radical (unpaired) electrons. The summed E-state index contributed by atoms with van der Waals surface area (Å²) < 4.78 is 41.6. The molecule has 0 saturated heterocycles. The van der Waals surface area contributed by atoms with Crippen LogP contribution in [0.5, 0.6) is 0 Å². The van der Waals surface area contributed by atoms with Gasteiger partial charge >= 0.3 is 6.98 Å². The first-order chi connectivity index (χ1) is 5.54. The molecule has 1 aliphatic carbocycles. The normalized spacial score (nSPS) is 32.0. The molecule has 1 fully saturated rings. The van der Waals surface area contributed by atoms with Gasteiger partial charge in [-0.15, -0.1) is 0 Å².